The Hall–Kier alpha value is -0.280. The maximum absolute atomic E-state index is 5.76. The molecule has 0 spiro atoms. The van der Waals surface area contributed by atoms with Crippen LogP contribution in [0.1, 0.15) is 64.7 Å². The third kappa shape index (κ3) is 3.43. The van der Waals surface area contributed by atoms with Crippen LogP contribution in [0.4, 0.5) is 0 Å². The Labute approximate surface area is 125 Å². The lowest BCUT2D eigenvalue weighted by molar-refractivity contribution is 0.0890. The van der Waals surface area contributed by atoms with Crippen molar-refractivity contribution in [1.82, 2.24) is 5.32 Å². The van der Waals surface area contributed by atoms with E-state index in [0.717, 1.165) is 23.2 Å². The molecule has 2 nitrogen and oxygen atoms in total. The molecule has 1 aromatic rings. The molecule has 0 amide bonds. The average Bonchev–Trinajstić information content (AvgIpc) is 2.78. The van der Waals surface area contributed by atoms with Gasteiger partial charge in [-0.15, -0.1) is 0 Å². The van der Waals surface area contributed by atoms with Crippen molar-refractivity contribution in [1.29, 1.82) is 0 Å². The highest BCUT2D eigenvalue weighted by molar-refractivity contribution is 9.10. The highest BCUT2D eigenvalue weighted by atomic mass is 79.9. The minimum absolute atomic E-state index is 0.333. The third-order valence-electron chi connectivity index (χ3n) is 4.53. The topological polar surface area (TPSA) is 25.2 Å². The van der Waals surface area contributed by atoms with Gasteiger partial charge in [0.2, 0.25) is 0 Å². The Kier molecular flexibility index (Phi) is 5.13. The quantitative estimate of drug-likeness (QED) is 0.793. The lowest BCUT2D eigenvalue weighted by Gasteiger charge is -2.43. The van der Waals surface area contributed by atoms with Crippen LogP contribution in [-0.4, -0.2) is 6.54 Å². The second kappa shape index (κ2) is 6.45. The molecule has 1 N–H and O–H groups in total. The maximum atomic E-state index is 5.76. The summed E-state index contributed by atoms with van der Waals surface area (Å²) >= 11 is 3.63. The molecule has 3 heteroatoms. The van der Waals surface area contributed by atoms with Crippen molar-refractivity contribution in [2.24, 2.45) is 11.3 Å². The summed E-state index contributed by atoms with van der Waals surface area (Å²) in [4.78, 5) is 0. The lowest BCUT2D eigenvalue weighted by Crippen LogP contribution is -2.39. The van der Waals surface area contributed by atoms with Gasteiger partial charge in [-0.1, -0.05) is 33.6 Å². The van der Waals surface area contributed by atoms with Gasteiger partial charge >= 0.3 is 0 Å². The molecule has 0 aromatic carbocycles. The van der Waals surface area contributed by atoms with E-state index < -0.39 is 0 Å². The summed E-state index contributed by atoms with van der Waals surface area (Å²) in [6, 6.07) is 2.34. The van der Waals surface area contributed by atoms with Gasteiger partial charge in [-0.05, 0) is 59.1 Å². The predicted molar refractivity (Wildman–Crippen MR) is 83.2 cm³/mol. The Morgan fingerprint density at radius 3 is 2.84 bits per heavy atom. The number of furan rings is 1. The maximum Gasteiger partial charge on any atom is 0.135 e. The van der Waals surface area contributed by atoms with Crippen molar-refractivity contribution in [3.05, 3.63) is 22.6 Å². The standard InChI is InChI=1S/C16H26BrNO/c1-4-10-18-14(15-13(17)8-11-19-15)12-7-5-6-9-16(12,2)3/h8,11-12,14,18H,4-7,9-10H2,1-3H3. The molecule has 1 aliphatic carbocycles. The molecule has 2 rings (SSSR count). The molecular formula is C16H26BrNO. The summed E-state index contributed by atoms with van der Waals surface area (Å²) in [7, 11) is 0. The lowest BCUT2D eigenvalue weighted by atomic mass is 9.65. The van der Waals surface area contributed by atoms with Gasteiger partial charge in [0, 0.05) is 0 Å². The second-order valence-corrected chi connectivity index (χ2v) is 7.26. The van der Waals surface area contributed by atoms with Crippen LogP contribution >= 0.6 is 15.9 Å². The van der Waals surface area contributed by atoms with E-state index in [1.54, 1.807) is 6.26 Å². The summed E-state index contributed by atoms with van der Waals surface area (Å²) in [5.74, 6) is 1.73. The molecular weight excluding hydrogens is 302 g/mol. The molecule has 0 bridgehead atoms. The number of hydrogen-bond acceptors (Lipinski definition) is 2. The molecule has 2 unspecified atom stereocenters. The minimum Gasteiger partial charge on any atom is -0.466 e. The van der Waals surface area contributed by atoms with Crippen molar-refractivity contribution in [2.45, 2.75) is 58.9 Å². The Bertz CT molecular complexity index is 399. The first-order valence-corrected chi connectivity index (χ1v) is 8.32. The van der Waals surface area contributed by atoms with Gasteiger partial charge in [0.1, 0.15) is 5.76 Å². The SMILES string of the molecule is CCCNC(c1occc1Br)C1CCCCC1(C)C. The number of nitrogens with one attached hydrogen (secondary N) is 1. The highest BCUT2D eigenvalue weighted by Gasteiger charge is 2.39. The van der Waals surface area contributed by atoms with Gasteiger partial charge in [-0.3, -0.25) is 0 Å². The molecule has 19 heavy (non-hydrogen) atoms. The van der Waals surface area contributed by atoms with Crippen LogP contribution in [0.2, 0.25) is 0 Å². The fraction of sp³-hybridized carbons (Fsp3) is 0.750. The van der Waals surface area contributed by atoms with E-state index >= 15 is 0 Å². The molecule has 1 fully saturated rings. The normalized spacial score (nSPS) is 24.3. The zero-order valence-electron chi connectivity index (χ0n) is 12.3. The molecule has 1 aromatic heterocycles. The average molecular weight is 328 g/mol. The molecule has 0 saturated heterocycles. The summed E-state index contributed by atoms with van der Waals surface area (Å²) in [6.45, 7) is 8.08. The first-order valence-electron chi connectivity index (χ1n) is 7.52. The highest BCUT2D eigenvalue weighted by Crippen LogP contribution is 2.47. The molecule has 1 heterocycles. The van der Waals surface area contributed by atoms with Gasteiger partial charge in [0.25, 0.3) is 0 Å². The number of halogens is 1. The van der Waals surface area contributed by atoms with Gasteiger partial charge in [0.05, 0.1) is 16.8 Å². The van der Waals surface area contributed by atoms with Crippen LogP contribution in [0.25, 0.3) is 0 Å². The monoisotopic (exact) mass is 327 g/mol. The Morgan fingerprint density at radius 2 is 2.26 bits per heavy atom. The summed E-state index contributed by atoms with van der Waals surface area (Å²) in [5.41, 5.74) is 0.385. The second-order valence-electron chi connectivity index (χ2n) is 6.41. The minimum atomic E-state index is 0.333. The van der Waals surface area contributed by atoms with Crippen LogP contribution in [0.3, 0.4) is 0 Å². The number of hydrogen-bond donors (Lipinski definition) is 1. The van der Waals surface area contributed by atoms with Crippen molar-refractivity contribution in [2.75, 3.05) is 6.54 Å². The van der Waals surface area contributed by atoms with Crippen molar-refractivity contribution in [3.63, 3.8) is 0 Å². The third-order valence-corrected chi connectivity index (χ3v) is 5.19. The molecule has 1 aliphatic rings. The Morgan fingerprint density at radius 1 is 1.47 bits per heavy atom. The largest absolute Gasteiger partial charge is 0.466 e. The zero-order valence-corrected chi connectivity index (χ0v) is 13.9. The van der Waals surface area contributed by atoms with Crippen LogP contribution < -0.4 is 5.32 Å². The van der Waals surface area contributed by atoms with E-state index in [9.17, 15) is 0 Å². The van der Waals surface area contributed by atoms with E-state index in [4.69, 9.17) is 4.42 Å². The van der Waals surface area contributed by atoms with Gasteiger partial charge < -0.3 is 9.73 Å². The molecule has 0 aliphatic heterocycles. The fourth-order valence-corrected chi connectivity index (χ4v) is 3.83. The molecule has 1 saturated carbocycles. The first kappa shape index (κ1) is 15.1. The molecule has 2 atom stereocenters. The summed E-state index contributed by atoms with van der Waals surface area (Å²) in [6.07, 6.45) is 8.26. The summed E-state index contributed by atoms with van der Waals surface area (Å²) in [5, 5.41) is 3.71. The van der Waals surface area contributed by atoms with Gasteiger partial charge in [-0.2, -0.15) is 0 Å². The van der Waals surface area contributed by atoms with Crippen LogP contribution in [0, 0.1) is 11.3 Å². The van der Waals surface area contributed by atoms with Crippen molar-refractivity contribution in [3.8, 4) is 0 Å². The predicted octanol–water partition coefficient (Wildman–Crippen LogP) is 5.30. The van der Waals surface area contributed by atoms with Crippen LogP contribution in [0.15, 0.2) is 21.2 Å². The van der Waals surface area contributed by atoms with Crippen LogP contribution in [-0.2, 0) is 0 Å². The first-order chi connectivity index (χ1) is 9.06. The molecule has 0 radical (unpaired) electrons. The van der Waals surface area contributed by atoms with E-state index in [2.05, 4.69) is 42.0 Å². The van der Waals surface area contributed by atoms with Gasteiger partial charge in [0.15, 0.2) is 0 Å². The number of rotatable bonds is 5. The Balaban J connectivity index is 2.24. The smallest absolute Gasteiger partial charge is 0.135 e. The van der Waals surface area contributed by atoms with Crippen molar-refractivity contribution >= 4 is 15.9 Å². The van der Waals surface area contributed by atoms with E-state index in [1.807, 2.05) is 6.07 Å². The van der Waals surface area contributed by atoms with Gasteiger partial charge in [-0.25, -0.2) is 0 Å². The summed E-state index contributed by atoms with van der Waals surface area (Å²) < 4.78 is 6.86. The zero-order chi connectivity index (χ0) is 13.9. The van der Waals surface area contributed by atoms with Crippen molar-refractivity contribution < 1.29 is 4.42 Å². The molecule has 108 valence electrons. The van der Waals surface area contributed by atoms with E-state index in [0.29, 0.717) is 17.4 Å². The van der Waals surface area contributed by atoms with Crippen LogP contribution in [0.5, 0.6) is 0 Å². The van der Waals surface area contributed by atoms with E-state index in [-0.39, 0.29) is 0 Å². The van der Waals surface area contributed by atoms with E-state index in [1.165, 1.54) is 25.7 Å². The fourth-order valence-electron chi connectivity index (χ4n) is 3.38.